The molecule has 0 radical (unpaired) electrons. The zero-order chi connectivity index (χ0) is 21.4. The summed E-state index contributed by atoms with van der Waals surface area (Å²) in [5, 5.41) is 7.54. The van der Waals surface area contributed by atoms with E-state index >= 15 is 0 Å². The average Bonchev–Trinajstić information content (AvgIpc) is 3.42. The third-order valence-electron chi connectivity index (χ3n) is 4.07. The predicted octanol–water partition coefficient (Wildman–Crippen LogP) is 4.24. The number of methoxy groups -OCH3 is 1. The number of alkyl halides is 3. The van der Waals surface area contributed by atoms with Crippen molar-refractivity contribution < 1.29 is 22.3 Å². The van der Waals surface area contributed by atoms with Crippen LogP contribution < -0.4 is 15.4 Å². The van der Waals surface area contributed by atoms with E-state index in [0.29, 0.717) is 30.5 Å². The van der Waals surface area contributed by atoms with Crippen LogP contribution in [-0.4, -0.2) is 24.6 Å². The Morgan fingerprint density at radius 3 is 2.63 bits per heavy atom. The van der Waals surface area contributed by atoms with E-state index in [4.69, 9.17) is 9.15 Å². The van der Waals surface area contributed by atoms with Crippen LogP contribution in [0, 0.1) is 0 Å². The minimum Gasteiger partial charge on any atom is -0.497 e. The van der Waals surface area contributed by atoms with E-state index in [9.17, 15) is 13.2 Å². The van der Waals surface area contributed by atoms with E-state index in [1.54, 1.807) is 13.4 Å². The molecule has 160 valence electrons. The molecule has 3 rings (SSSR count). The molecule has 6 nitrogen and oxygen atoms in total. The number of aliphatic imine (C=N–C) groups is 1. The third-order valence-corrected chi connectivity index (χ3v) is 4.92. The second-order valence-corrected chi connectivity index (χ2v) is 7.19. The summed E-state index contributed by atoms with van der Waals surface area (Å²) < 4.78 is 48.6. The SMILES string of the molecule is COc1ccc(CN=C(NCCc2ccco2)NCc2nc(C(F)(F)F)cs2)cc1. The van der Waals surface area contributed by atoms with Crippen LogP contribution in [0.25, 0.3) is 0 Å². The molecule has 0 unspecified atom stereocenters. The number of halogens is 3. The van der Waals surface area contributed by atoms with Gasteiger partial charge in [-0.1, -0.05) is 12.1 Å². The molecule has 0 spiro atoms. The van der Waals surface area contributed by atoms with E-state index in [0.717, 1.165) is 33.8 Å². The number of benzene rings is 1. The first kappa shape index (κ1) is 21.7. The highest BCUT2D eigenvalue weighted by atomic mass is 32.1. The van der Waals surface area contributed by atoms with E-state index in [1.165, 1.54) is 0 Å². The molecule has 2 N–H and O–H groups in total. The fourth-order valence-corrected chi connectivity index (χ4v) is 3.26. The van der Waals surface area contributed by atoms with Crippen LogP contribution in [0.4, 0.5) is 13.2 Å². The first-order valence-electron chi connectivity index (χ1n) is 9.13. The zero-order valence-electron chi connectivity index (χ0n) is 16.2. The normalized spacial score (nSPS) is 12.1. The third kappa shape index (κ3) is 6.51. The van der Waals surface area contributed by atoms with Crippen LogP contribution in [0.2, 0.25) is 0 Å². The van der Waals surface area contributed by atoms with Crippen LogP contribution in [0.5, 0.6) is 5.75 Å². The highest BCUT2D eigenvalue weighted by molar-refractivity contribution is 7.09. The Labute approximate surface area is 175 Å². The van der Waals surface area contributed by atoms with E-state index < -0.39 is 11.9 Å². The van der Waals surface area contributed by atoms with Gasteiger partial charge >= 0.3 is 6.18 Å². The number of ether oxygens (including phenoxy) is 1. The van der Waals surface area contributed by atoms with Crippen molar-refractivity contribution in [2.75, 3.05) is 13.7 Å². The summed E-state index contributed by atoms with van der Waals surface area (Å²) in [6, 6.07) is 11.2. The molecule has 0 saturated heterocycles. The molecule has 0 aliphatic carbocycles. The van der Waals surface area contributed by atoms with Gasteiger partial charge in [0.1, 0.15) is 16.5 Å². The number of aromatic nitrogens is 1. The molecule has 0 aliphatic heterocycles. The van der Waals surface area contributed by atoms with Gasteiger partial charge in [0.2, 0.25) is 0 Å². The lowest BCUT2D eigenvalue weighted by molar-refractivity contribution is -0.140. The number of nitrogens with zero attached hydrogens (tertiary/aromatic N) is 2. The van der Waals surface area contributed by atoms with Crippen molar-refractivity contribution in [3.05, 3.63) is 70.1 Å². The predicted molar refractivity (Wildman–Crippen MR) is 109 cm³/mol. The molecule has 0 atom stereocenters. The van der Waals surface area contributed by atoms with Gasteiger partial charge in [-0.15, -0.1) is 11.3 Å². The van der Waals surface area contributed by atoms with Gasteiger partial charge in [-0.05, 0) is 29.8 Å². The lowest BCUT2D eigenvalue weighted by Crippen LogP contribution is -2.38. The number of hydrogen-bond acceptors (Lipinski definition) is 5. The minimum absolute atomic E-state index is 0.135. The van der Waals surface area contributed by atoms with Gasteiger partial charge in [0.05, 0.1) is 26.5 Å². The van der Waals surface area contributed by atoms with E-state index in [-0.39, 0.29) is 6.54 Å². The van der Waals surface area contributed by atoms with Gasteiger partial charge in [0.15, 0.2) is 11.7 Å². The maximum atomic E-state index is 12.7. The summed E-state index contributed by atoms with van der Waals surface area (Å²) in [5.74, 6) is 2.05. The molecule has 0 bridgehead atoms. The Bertz CT molecular complexity index is 938. The molecule has 3 aromatic rings. The smallest absolute Gasteiger partial charge is 0.434 e. The fraction of sp³-hybridized carbons (Fsp3) is 0.300. The van der Waals surface area contributed by atoms with Crippen molar-refractivity contribution in [3.63, 3.8) is 0 Å². The maximum Gasteiger partial charge on any atom is 0.434 e. The number of furan rings is 1. The van der Waals surface area contributed by atoms with Crippen LogP contribution in [0.15, 0.2) is 57.5 Å². The van der Waals surface area contributed by atoms with Crippen molar-refractivity contribution in [1.29, 1.82) is 0 Å². The standard InChI is InChI=1S/C20H21F3N4O2S/c1-28-15-6-4-14(5-7-15)11-25-19(24-9-8-16-3-2-10-29-16)26-12-18-27-17(13-30-18)20(21,22)23/h2-7,10,13H,8-9,11-12H2,1H3,(H2,24,25,26). The van der Waals surface area contributed by atoms with Gasteiger partial charge in [0, 0.05) is 18.3 Å². The van der Waals surface area contributed by atoms with Crippen LogP contribution in [-0.2, 0) is 25.7 Å². The second-order valence-electron chi connectivity index (χ2n) is 6.25. The lowest BCUT2D eigenvalue weighted by atomic mass is 10.2. The van der Waals surface area contributed by atoms with Gasteiger partial charge < -0.3 is 19.8 Å². The van der Waals surface area contributed by atoms with Crippen molar-refractivity contribution in [1.82, 2.24) is 15.6 Å². The molecule has 0 amide bonds. The minimum atomic E-state index is -4.44. The molecular weight excluding hydrogens is 417 g/mol. The van der Waals surface area contributed by atoms with Crippen molar-refractivity contribution in [2.24, 2.45) is 4.99 Å². The van der Waals surface area contributed by atoms with Crippen LogP contribution >= 0.6 is 11.3 Å². The Balaban J connectivity index is 1.62. The molecule has 1 aromatic carbocycles. The monoisotopic (exact) mass is 438 g/mol. The topological polar surface area (TPSA) is 71.7 Å². The Morgan fingerprint density at radius 1 is 1.20 bits per heavy atom. The number of nitrogens with one attached hydrogen (secondary N) is 2. The number of rotatable bonds is 8. The van der Waals surface area contributed by atoms with E-state index in [2.05, 4.69) is 20.6 Å². The molecule has 0 fully saturated rings. The molecule has 2 heterocycles. The summed E-state index contributed by atoms with van der Waals surface area (Å²) in [6.07, 6.45) is -2.19. The molecule has 2 aromatic heterocycles. The van der Waals surface area contributed by atoms with Crippen LogP contribution in [0.1, 0.15) is 22.0 Å². The number of guanidine groups is 1. The fourth-order valence-electron chi connectivity index (χ4n) is 2.52. The van der Waals surface area contributed by atoms with Gasteiger partial charge in [-0.2, -0.15) is 13.2 Å². The first-order chi connectivity index (χ1) is 14.4. The van der Waals surface area contributed by atoms with Crippen LogP contribution in [0.3, 0.4) is 0 Å². The molecule has 10 heteroatoms. The summed E-state index contributed by atoms with van der Waals surface area (Å²) in [5.41, 5.74) is 0.0864. The second kappa shape index (κ2) is 10.1. The van der Waals surface area contributed by atoms with Gasteiger partial charge in [0.25, 0.3) is 0 Å². The molecule has 0 aliphatic rings. The summed E-state index contributed by atoms with van der Waals surface area (Å²) in [6.45, 7) is 1.08. The molecule has 30 heavy (non-hydrogen) atoms. The van der Waals surface area contributed by atoms with E-state index in [1.807, 2.05) is 36.4 Å². The zero-order valence-corrected chi connectivity index (χ0v) is 17.0. The molecular formula is C20H21F3N4O2S. The number of thiazole rings is 1. The molecule has 0 saturated carbocycles. The van der Waals surface area contributed by atoms with Crippen molar-refractivity contribution in [2.45, 2.75) is 25.7 Å². The van der Waals surface area contributed by atoms with Gasteiger partial charge in [-0.3, -0.25) is 0 Å². The summed E-state index contributed by atoms with van der Waals surface area (Å²) >= 11 is 0.954. The Morgan fingerprint density at radius 2 is 2.00 bits per heavy atom. The first-order valence-corrected chi connectivity index (χ1v) is 10.0. The quantitative estimate of drug-likeness (QED) is 0.407. The number of hydrogen-bond donors (Lipinski definition) is 2. The Kier molecular flexibility index (Phi) is 7.34. The maximum absolute atomic E-state index is 12.7. The van der Waals surface area contributed by atoms with Crippen molar-refractivity contribution >= 4 is 17.3 Å². The van der Waals surface area contributed by atoms with Gasteiger partial charge in [-0.25, -0.2) is 9.98 Å². The highest BCUT2D eigenvalue weighted by Crippen LogP contribution is 2.29. The average molecular weight is 438 g/mol. The largest absolute Gasteiger partial charge is 0.497 e. The lowest BCUT2D eigenvalue weighted by Gasteiger charge is -2.11. The summed E-state index contributed by atoms with van der Waals surface area (Å²) in [4.78, 5) is 8.15. The van der Waals surface area contributed by atoms with Crippen molar-refractivity contribution in [3.8, 4) is 5.75 Å². The highest BCUT2D eigenvalue weighted by Gasteiger charge is 2.33. The Hall–Kier alpha value is -3.01. The summed E-state index contributed by atoms with van der Waals surface area (Å²) in [7, 11) is 1.60.